The molecule has 3 aromatic rings. The maximum Gasteiger partial charge on any atom is 0.234 e. The number of aryl methyl sites for hydroxylation is 1. The second-order valence-corrected chi connectivity index (χ2v) is 6.60. The van der Waals surface area contributed by atoms with Crippen molar-refractivity contribution >= 4 is 16.3 Å². The number of phenols is 1. The van der Waals surface area contributed by atoms with Gasteiger partial charge in [0.2, 0.25) is 4.96 Å². The Kier molecular flexibility index (Phi) is 2.92. The van der Waals surface area contributed by atoms with Crippen molar-refractivity contribution in [2.75, 3.05) is 0 Å². The fraction of sp³-hybridized carbons (Fsp3) is 0.400. The van der Waals surface area contributed by atoms with Crippen molar-refractivity contribution in [1.82, 2.24) is 19.8 Å². The van der Waals surface area contributed by atoms with Gasteiger partial charge in [0.25, 0.3) is 0 Å². The SMILES string of the molecule is Cc1ccc(-c2nn3c(C4CCCC4)nnc3s2)cc1O. The van der Waals surface area contributed by atoms with Gasteiger partial charge in [-0.25, -0.2) is 0 Å². The molecule has 0 amide bonds. The number of aromatic nitrogens is 4. The Morgan fingerprint density at radius 3 is 2.81 bits per heavy atom. The lowest BCUT2D eigenvalue weighted by atomic mass is 10.1. The highest BCUT2D eigenvalue weighted by atomic mass is 32.1. The van der Waals surface area contributed by atoms with Gasteiger partial charge in [0.05, 0.1) is 0 Å². The fourth-order valence-corrected chi connectivity index (χ4v) is 3.77. The summed E-state index contributed by atoms with van der Waals surface area (Å²) >= 11 is 1.51. The zero-order valence-electron chi connectivity index (χ0n) is 11.8. The van der Waals surface area contributed by atoms with E-state index in [9.17, 15) is 5.11 Å². The molecule has 1 aromatic carbocycles. The first-order valence-electron chi connectivity index (χ1n) is 7.24. The molecule has 1 fully saturated rings. The number of aromatic hydroxyl groups is 1. The Bertz CT molecular complexity index is 801. The first-order valence-corrected chi connectivity index (χ1v) is 8.06. The summed E-state index contributed by atoms with van der Waals surface area (Å²) < 4.78 is 1.88. The van der Waals surface area contributed by atoms with Crippen LogP contribution in [0.5, 0.6) is 5.75 Å². The largest absolute Gasteiger partial charge is 0.508 e. The summed E-state index contributed by atoms with van der Waals surface area (Å²) in [5, 5.41) is 24.0. The van der Waals surface area contributed by atoms with Gasteiger partial charge in [-0.05, 0) is 31.4 Å². The first-order chi connectivity index (χ1) is 10.2. The number of fused-ring (bicyclic) bond motifs is 1. The van der Waals surface area contributed by atoms with Crippen molar-refractivity contribution < 1.29 is 5.11 Å². The highest BCUT2D eigenvalue weighted by molar-refractivity contribution is 7.19. The molecule has 21 heavy (non-hydrogen) atoms. The summed E-state index contributed by atoms with van der Waals surface area (Å²) in [6, 6.07) is 5.65. The summed E-state index contributed by atoms with van der Waals surface area (Å²) in [6.07, 6.45) is 4.89. The minimum Gasteiger partial charge on any atom is -0.508 e. The molecule has 2 heterocycles. The molecule has 0 unspecified atom stereocenters. The third-order valence-corrected chi connectivity index (χ3v) is 5.14. The van der Waals surface area contributed by atoms with Gasteiger partial charge in [-0.2, -0.15) is 9.61 Å². The molecule has 0 atom stereocenters. The van der Waals surface area contributed by atoms with Crippen LogP contribution in [0.2, 0.25) is 0 Å². The van der Waals surface area contributed by atoms with Crippen molar-refractivity contribution in [2.45, 2.75) is 38.5 Å². The van der Waals surface area contributed by atoms with Gasteiger partial charge in [0.1, 0.15) is 10.8 Å². The van der Waals surface area contributed by atoms with E-state index in [0.717, 1.165) is 26.9 Å². The summed E-state index contributed by atoms with van der Waals surface area (Å²) in [5.41, 5.74) is 1.79. The monoisotopic (exact) mass is 300 g/mol. The highest BCUT2D eigenvalue weighted by Crippen LogP contribution is 2.35. The van der Waals surface area contributed by atoms with E-state index in [1.165, 1.54) is 37.0 Å². The number of rotatable bonds is 2. The van der Waals surface area contributed by atoms with Crippen molar-refractivity contribution in [3.05, 3.63) is 29.6 Å². The zero-order chi connectivity index (χ0) is 14.4. The maximum absolute atomic E-state index is 9.86. The summed E-state index contributed by atoms with van der Waals surface area (Å²) in [7, 11) is 0. The van der Waals surface area contributed by atoms with Crippen molar-refractivity contribution in [3.63, 3.8) is 0 Å². The van der Waals surface area contributed by atoms with Gasteiger partial charge in [0.15, 0.2) is 5.82 Å². The van der Waals surface area contributed by atoms with Gasteiger partial charge < -0.3 is 5.11 Å². The molecule has 1 saturated carbocycles. The van der Waals surface area contributed by atoms with Crippen LogP contribution in [0, 0.1) is 6.92 Å². The second-order valence-electron chi connectivity index (χ2n) is 5.64. The van der Waals surface area contributed by atoms with Crippen LogP contribution in [0.1, 0.15) is 43.0 Å². The molecule has 1 N–H and O–H groups in total. The van der Waals surface area contributed by atoms with Crippen molar-refractivity contribution in [2.24, 2.45) is 0 Å². The van der Waals surface area contributed by atoms with E-state index in [2.05, 4.69) is 15.3 Å². The quantitative estimate of drug-likeness (QED) is 0.786. The molecular weight excluding hydrogens is 284 g/mol. The van der Waals surface area contributed by atoms with Crippen molar-refractivity contribution in [1.29, 1.82) is 0 Å². The Labute approximate surface area is 126 Å². The minimum absolute atomic E-state index is 0.300. The van der Waals surface area contributed by atoms with E-state index in [0.29, 0.717) is 11.7 Å². The predicted molar refractivity (Wildman–Crippen MR) is 81.7 cm³/mol. The Morgan fingerprint density at radius 1 is 1.24 bits per heavy atom. The van der Waals surface area contributed by atoms with Gasteiger partial charge >= 0.3 is 0 Å². The molecule has 108 valence electrons. The topological polar surface area (TPSA) is 63.3 Å². The van der Waals surface area contributed by atoms with E-state index in [4.69, 9.17) is 0 Å². The fourth-order valence-electron chi connectivity index (χ4n) is 2.93. The lowest BCUT2D eigenvalue weighted by Crippen LogP contribution is -2.01. The molecule has 6 heteroatoms. The molecule has 0 spiro atoms. The van der Waals surface area contributed by atoms with Crippen LogP contribution >= 0.6 is 11.3 Å². The van der Waals surface area contributed by atoms with Crippen molar-refractivity contribution in [3.8, 4) is 16.3 Å². The summed E-state index contributed by atoms with van der Waals surface area (Å²) in [6.45, 7) is 1.88. The molecule has 1 aliphatic carbocycles. The maximum atomic E-state index is 9.86. The van der Waals surface area contributed by atoms with Crippen LogP contribution in [0.15, 0.2) is 18.2 Å². The number of nitrogens with zero attached hydrogens (tertiary/aromatic N) is 4. The molecule has 0 saturated heterocycles. The lowest BCUT2D eigenvalue weighted by Gasteiger charge is -2.03. The van der Waals surface area contributed by atoms with Crippen LogP contribution in [-0.2, 0) is 0 Å². The van der Waals surface area contributed by atoms with Gasteiger partial charge in [-0.15, -0.1) is 10.2 Å². The summed E-state index contributed by atoms with van der Waals surface area (Å²) in [4.78, 5) is 0.826. The molecule has 0 aliphatic heterocycles. The first kappa shape index (κ1) is 12.8. The smallest absolute Gasteiger partial charge is 0.234 e. The van der Waals surface area contributed by atoms with Gasteiger partial charge in [0, 0.05) is 11.5 Å². The van der Waals surface area contributed by atoms with Crippen LogP contribution in [0.25, 0.3) is 15.5 Å². The third-order valence-electron chi connectivity index (χ3n) is 4.19. The average Bonchev–Trinajstić information content (AvgIpc) is 3.16. The van der Waals surface area contributed by atoms with E-state index >= 15 is 0 Å². The van der Waals surface area contributed by atoms with E-state index in [-0.39, 0.29) is 0 Å². The molecule has 0 radical (unpaired) electrons. The van der Waals surface area contributed by atoms with E-state index in [1.54, 1.807) is 6.07 Å². The second kappa shape index (κ2) is 4.80. The molecular formula is C15H16N4OS. The normalized spacial score (nSPS) is 16.0. The molecule has 0 bridgehead atoms. The number of phenolic OH excluding ortho intramolecular Hbond substituents is 1. The molecule has 2 aromatic heterocycles. The Morgan fingerprint density at radius 2 is 2.05 bits per heavy atom. The van der Waals surface area contributed by atoms with Gasteiger partial charge in [-0.1, -0.05) is 36.3 Å². The van der Waals surface area contributed by atoms with Crippen LogP contribution in [0.3, 0.4) is 0 Å². The standard InChI is InChI=1S/C15H16N4OS/c1-9-6-7-11(8-12(9)20)14-18-19-13(10-4-2-3-5-10)16-17-15(19)21-14/h6-8,10,20H,2-5H2,1H3. The Balaban J connectivity index is 1.78. The predicted octanol–water partition coefficient (Wildman–Crippen LogP) is 3.52. The summed E-state index contributed by atoms with van der Waals surface area (Å²) in [5.74, 6) is 1.78. The number of hydrogen-bond acceptors (Lipinski definition) is 5. The zero-order valence-corrected chi connectivity index (χ0v) is 12.6. The van der Waals surface area contributed by atoms with E-state index < -0.39 is 0 Å². The molecule has 5 nitrogen and oxygen atoms in total. The lowest BCUT2D eigenvalue weighted by molar-refractivity contribution is 0.471. The third kappa shape index (κ3) is 2.10. The van der Waals surface area contributed by atoms with Gasteiger partial charge in [-0.3, -0.25) is 0 Å². The van der Waals surface area contributed by atoms with E-state index in [1.807, 2.05) is 23.6 Å². The van der Waals surface area contributed by atoms with Crippen LogP contribution < -0.4 is 0 Å². The highest BCUT2D eigenvalue weighted by Gasteiger charge is 2.24. The molecule has 1 aliphatic rings. The number of benzene rings is 1. The van der Waals surface area contributed by atoms with Crippen LogP contribution in [-0.4, -0.2) is 24.9 Å². The Hall–Kier alpha value is -1.95. The molecule has 4 rings (SSSR count). The van der Waals surface area contributed by atoms with Crippen LogP contribution in [0.4, 0.5) is 0 Å². The number of hydrogen-bond donors (Lipinski definition) is 1. The minimum atomic E-state index is 0.300. The average molecular weight is 300 g/mol.